The van der Waals surface area contributed by atoms with Crippen LogP contribution in [-0.4, -0.2) is 10.1 Å². The zero-order valence-corrected chi connectivity index (χ0v) is 7.02. The Morgan fingerprint density at radius 3 is 2.92 bits per heavy atom. The predicted molar refractivity (Wildman–Crippen MR) is 47.0 cm³/mol. The number of thiazole rings is 1. The summed E-state index contributed by atoms with van der Waals surface area (Å²) in [5.74, 6) is 2.18. The molecule has 0 saturated carbocycles. The normalized spacial score (nSPS) is 12.3. The lowest BCUT2D eigenvalue weighted by molar-refractivity contribution is 0.445. The first-order chi connectivity index (χ1) is 5.65. The zero-order valence-electron chi connectivity index (χ0n) is 6.20. The van der Waals surface area contributed by atoms with Crippen molar-refractivity contribution in [3.8, 4) is 18.2 Å². The van der Waals surface area contributed by atoms with E-state index in [0.717, 1.165) is 11.3 Å². The van der Waals surface area contributed by atoms with Crippen LogP contribution in [0.2, 0.25) is 0 Å². The Morgan fingerprint density at radius 2 is 2.50 bits per heavy atom. The van der Waals surface area contributed by atoms with Crippen LogP contribution < -0.4 is 10.6 Å². The van der Waals surface area contributed by atoms with Gasteiger partial charge in [0, 0.05) is 6.42 Å². The molecule has 0 unspecified atom stereocenters. The van der Waals surface area contributed by atoms with Gasteiger partial charge in [-0.15, -0.1) is 12.3 Å². The van der Waals surface area contributed by atoms with E-state index in [2.05, 4.69) is 10.9 Å². The van der Waals surface area contributed by atoms with Crippen LogP contribution in [0.4, 0.5) is 0 Å². The van der Waals surface area contributed by atoms with Gasteiger partial charge in [0.2, 0.25) is 5.88 Å². The number of aromatic nitrogens is 1. The highest BCUT2D eigenvalue weighted by atomic mass is 32.1. The minimum Gasteiger partial charge on any atom is -0.494 e. The van der Waals surface area contributed by atoms with Crippen LogP contribution in [0.5, 0.6) is 5.88 Å². The molecule has 0 aliphatic heterocycles. The standard InChI is InChI=1S/C7H8N2O2S/c1-2-3-4(8)5-6(10)9-7(11)12-5/h1,4,10H,3,8H2,(H,9,11)/t4-/m0/s1. The van der Waals surface area contributed by atoms with Gasteiger partial charge in [-0.2, -0.15) is 0 Å². The minimum absolute atomic E-state index is 0.173. The summed E-state index contributed by atoms with van der Waals surface area (Å²) >= 11 is 0.881. The molecular formula is C7H8N2O2S. The maximum absolute atomic E-state index is 10.7. The second kappa shape index (κ2) is 3.43. The Balaban J connectivity index is 2.95. The van der Waals surface area contributed by atoms with E-state index in [-0.39, 0.29) is 10.8 Å². The van der Waals surface area contributed by atoms with Crippen molar-refractivity contribution in [3.05, 3.63) is 14.5 Å². The number of aromatic hydroxyl groups is 1. The van der Waals surface area contributed by atoms with Crippen LogP contribution in [-0.2, 0) is 0 Å². The number of hydrogen-bond donors (Lipinski definition) is 3. The van der Waals surface area contributed by atoms with Crippen molar-refractivity contribution in [1.82, 2.24) is 4.98 Å². The van der Waals surface area contributed by atoms with Crippen LogP contribution in [0.3, 0.4) is 0 Å². The lowest BCUT2D eigenvalue weighted by Crippen LogP contribution is -2.07. The van der Waals surface area contributed by atoms with E-state index in [0.29, 0.717) is 11.3 Å². The van der Waals surface area contributed by atoms with Crippen molar-refractivity contribution >= 4 is 11.3 Å². The number of H-pyrrole nitrogens is 1. The average molecular weight is 184 g/mol. The Bertz CT molecular complexity index is 360. The molecule has 1 aromatic heterocycles. The highest BCUT2D eigenvalue weighted by molar-refractivity contribution is 7.09. The van der Waals surface area contributed by atoms with Gasteiger partial charge in [0.15, 0.2) is 0 Å². The van der Waals surface area contributed by atoms with Crippen LogP contribution in [0.15, 0.2) is 4.79 Å². The highest BCUT2D eigenvalue weighted by Crippen LogP contribution is 2.24. The molecule has 0 radical (unpaired) electrons. The Kier molecular flexibility index (Phi) is 2.53. The molecule has 4 N–H and O–H groups in total. The summed E-state index contributed by atoms with van der Waals surface area (Å²) in [6.07, 6.45) is 5.34. The van der Waals surface area contributed by atoms with E-state index in [1.54, 1.807) is 0 Å². The van der Waals surface area contributed by atoms with Gasteiger partial charge in [-0.25, -0.2) is 0 Å². The third-order valence-electron chi connectivity index (χ3n) is 1.33. The first-order valence-electron chi connectivity index (χ1n) is 3.26. The summed E-state index contributed by atoms with van der Waals surface area (Å²) < 4.78 is 0. The van der Waals surface area contributed by atoms with E-state index < -0.39 is 6.04 Å². The van der Waals surface area contributed by atoms with E-state index in [1.807, 2.05) is 0 Å². The summed E-state index contributed by atoms with van der Waals surface area (Å²) in [5.41, 5.74) is 5.57. The maximum atomic E-state index is 10.7. The first-order valence-corrected chi connectivity index (χ1v) is 4.07. The Hall–Kier alpha value is -1.25. The smallest absolute Gasteiger partial charge is 0.307 e. The summed E-state index contributed by atoms with van der Waals surface area (Å²) in [5, 5.41) is 9.13. The van der Waals surface area contributed by atoms with E-state index in [1.165, 1.54) is 0 Å². The fourth-order valence-corrected chi connectivity index (χ4v) is 1.53. The molecule has 0 aliphatic carbocycles. The predicted octanol–water partition coefficient (Wildman–Crippen LogP) is 0.165. The van der Waals surface area contributed by atoms with E-state index in [9.17, 15) is 4.79 Å². The Morgan fingerprint density at radius 1 is 1.83 bits per heavy atom. The summed E-state index contributed by atoms with van der Waals surface area (Å²) in [6, 6.07) is -0.459. The molecule has 64 valence electrons. The number of terminal acetylenes is 1. The van der Waals surface area contributed by atoms with Crippen molar-refractivity contribution in [3.63, 3.8) is 0 Å². The van der Waals surface area contributed by atoms with Crippen molar-refractivity contribution < 1.29 is 5.11 Å². The second-order valence-corrected chi connectivity index (χ2v) is 3.26. The molecule has 1 atom stereocenters. The number of hydrogen-bond acceptors (Lipinski definition) is 4. The maximum Gasteiger partial charge on any atom is 0.307 e. The van der Waals surface area contributed by atoms with Gasteiger partial charge in [-0.1, -0.05) is 11.3 Å². The van der Waals surface area contributed by atoms with Crippen molar-refractivity contribution in [2.75, 3.05) is 0 Å². The largest absolute Gasteiger partial charge is 0.494 e. The molecule has 0 aromatic carbocycles. The average Bonchev–Trinajstić information content (AvgIpc) is 2.30. The molecule has 0 saturated heterocycles. The van der Waals surface area contributed by atoms with Crippen LogP contribution in [0.25, 0.3) is 0 Å². The number of nitrogens with one attached hydrogen (secondary N) is 1. The van der Waals surface area contributed by atoms with Gasteiger partial charge in [-0.05, 0) is 0 Å². The molecule has 12 heavy (non-hydrogen) atoms. The van der Waals surface area contributed by atoms with Crippen LogP contribution >= 0.6 is 11.3 Å². The molecule has 1 aromatic rings. The molecular weight excluding hydrogens is 176 g/mol. The molecule has 0 amide bonds. The number of nitrogens with two attached hydrogens (primary N) is 1. The lowest BCUT2D eigenvalue weighted by atomic mass is 10.2. The van der Waals surface area contributed by atoms with Crippen LogP contribution in [0, 0.1) is 12.3 Å². The summed E-state index contributed by atoms with van der Waals surface area (Å²) in [7, 11) is 0. The Labute approximate surface area is 73.0 Å². The fourth-order valence-electron chi connectivity index (χ4n) is 0.803. The molecule has 4 nitrogen and oxygen atoms in total. The van der Waals surface area contributed by atoms with E-state index >= 15 is 0 Å². The van der Waals surface area contributed by atoms with Gasteiger partial charge in [-0.3, -0.25) is 9.78 Å². The van der Waals surface area contributed by atoms with Gasteiger partial charge in [0.1, 0.15) is 0 Å². The molecule has 1 heterocycles. The number of aromatic amines is 1. The number of rotatable bonds is 2. The quantitative estimate of drug-likeness (QED) is 0.573. The molecule has 0 aliphatic rings. The molecule has 0 bridgehead atoms. The summed E-state index contributed by atoms with van der Waals surface area (Å²) in [4.78, 5) is 13.0. The second-order valence-electron chi connectivity index (χ2n) is 2.24. The molecule has 0 spiro atoms. The summed E-state index contributed by atoms with van der Waals surface area (Å²) in [6.45, 7) is 0. The van der Waals surface area contributed by atoms with Crippen molar-refractivity contribution in [2.24, 2.45) is 5.73 Å². The van der Waals surface area contributed by atoms with Gasteiger partial charge in [0.05, 0.1) is 10.9 Å². The monoisotopic (exact) mass is 184 g/mol. The minimum atomic E-state index is -0.459. The van der Waals surface area contributed by atoms with Gasteiger partial charge >= 0.3 is 4.87 Å². The van der Waals surface area contributed by atoms with Crippen molar-refractivity contribution in [2.45, 2.75) is 12.5 Å². The van der Waals surface area contributed by atoms with Gasteiger partial charge < -0.3 is 10.8 Å². The topological polar surface area (TPSA) is 79.1 Å². The highest BCUT2D eigenvalue weighted by Gasteiger charge is 2.13. The first kappa shape index (κ1) is 8.84. The third kappa shape index (κ3) is 1.67. The van der Waals surface area contributed by atoms with Crippen molar-refractivity contribution in [1.29, 1.82) is 0 Å². The SMILES string of the molecule is C#CC[C@H](N)c1sc(=O)[nH]c1O. The molecule has 1 rings (SSSR count). The van der Waals surface area contributed by atoms with E-state index in [4.69, 9.17) is 17.3 Å². The molecule has 0 fully saturated rings. The fraction of sp³-hybridized carbons (Fsp3) is 0.286. The van der Waals surface area contributed by atoms with Gasteiger partial charge in [0.25, 0.3) is 0 Å². The third-order valence-corrected chi connectivity index (χ3v) is 2.33. The van der Waals surface area contributed by atoms with Crippen LogP contribution in [0.1, 0.15) is 17.3 Å². The zero-order chi connectivity index (χ0) is 9.14. The lowest BCUT2D eigenvalue weighted by Gasteiger charge is -2.03. The molecule has 5 heteroatoms.